The molecule has 2 aromatic rings. The molecule has 168 valence electrons. The number of hydrogen-bond donors (Lipinski definition) is 2. The Hall–Kier alpha value is -2.29. The number of aryl methyl sites for hydroxylation is 1. The Balaban J connectivity index is 1.46. The Morgan fingerprint density at radius 2 is 1.94 bits per heavy atom. The molecule has 0 atom stereocenters. The number of rotatable bonds is 7. The van der Waals surface area contributed by atoms with E-state index in [4.69, 9.17) is 16.3 Å². The maximum atomic E-state index is 12.6. The first kappa shape index (κ1) is 23.4. The van der Waals surface area contributed by atoms with Crippen LogP contribution in [0.1, 0.15) is 24.8 Å². The molecule has 9 heteroatoms. The van der Waals surface area contributed by atoms with Gasteiger partial charge in [-0.25, -0.2) is 17.9 Å². The Bertz CT molecular complexity index is 1020. The minimum absolute atomic E-state index is 0.0325. The van der Waals surface area contributed by atoms with E-state index in [1.165, 1.54) is 19.2 Å². The van der Waals surface area contributed by atoms with Gasteiger partial charge in [-0.05, 0) is 68.0 Å². The fourth-order valence-electron chi connectivity index (χ4n) is 3.69. The Labute approximate surface area is 188 Å². The number of sulfonamides is 1. The van der Waals surface area contributed by atoms with Crippen molar-refractivity contribution in [3.8, 4) is 5.75 Å². The summed E-state index contributed by atoms with van der Waals surface area (Å²) >= 11 is 5.95. The van der Waals surface area contributed by atoms with Crippen LogP contribution in [0.5, 0.6) is 5.75 Å². The summed E-state index contributed by atoms with van der Waals surface area (Å²) in [6, 6.07) is 12.1. The number of piperidine rings is 1. The van der Waals surface area contributed by atoms with Gasteiger partial charge in [-0.1, -0.05) is 23.7 Å². The van der Waals surface area contributed by atoms with Gasteiger partial charge in [-0.3, -0.25) is 0 Å². The van der Waals surface area contributed by atoms with Gasteiger partial charge in [-0.2, -0.15) is 0 Å². The lowest BCUT2D eigenvalue weighted by Crippen LogP contribution is -2.41. The summed E-state index contributed by atoms with van der Waals surface area (Å²) in [6.07, 6.45) is 2.38. The van der Waals surface area contributed by atoms with E-state index in [0.29, 0.717) is 37.0 Å². The zero-order valence-corrected chi connectivity index (χ0v) is 19.3. The maximum Gasteiger partial charge on any atom is 0.321 e. The normalized spacial score (nSPS) is 15.0. The van der Waals surface area contributed by atoms with E-state index in [2.05, 4.69) is 10.0 Å². The van der Waals surface area contributed by atoms with E-state index in [1.807, 2.05) is 31.2 Å². The standard InChI is InChI=1S/C22H28ClN3O4S/c1-16-4-3-5-19(14-16)25-22(27)26-12-9-17(10-13-26)8-11-24-31(28,29)21-15-18(23)6-7-20(21)30-2/h3-7,14-15,17,24H,8-13H2,1-2H3,(H,25,27). The molecule has 0 saturated carbocycles. The third-order valence-corrected chi connectivity index (χ3v) is 7.15. The van der Waals surface area contributed by atoms with E-state index < -0.39 is 10.0 Å². The lowest BCUT2D eigenvalue weighted by molar-refractivity contribution is 0.180. The van der Waals surface area contributed by atoms with Crippen LogP contribution in [0, 0.1) is 12.8 Å². The summed E-state index contributed by atoms with van der Waals surface area (Å²) in [5.74, 6) is 0.608. The molecule has 3 rings (SSSR count). The zero-order valence-electron chi connectivity index (χ0n) is 17.7. The number of ether oxygens (including phenoxy) is 1. The number of nitrogens with zero attached hydrogens (tertiary/aromatic N) is 1. The summed E-state index contributed by atoms with van der Waals surface area (Å²) < 4.78 is 33.0. The first-order valence-corrected chi connectivity index (χ1v) is 12.1. The molecule has 2 N–H and O–H groups in total. The van der Waals surface area contributed by atoms with Gasteiger partial charge >= 0.3 is 6.03 Å². The monoisotopic (exact) mass is 465 g/mol. The quantitative estimate of drug-likeness (QED) is 0.639. The topological polar surface area (TPSA) is 87.7 Å². The molecule has 0 unspecified atom stereocenters. The molecule has 2 amide bonds. The van der Waals surface area contributed by atoms with Gasteiger partial charge in [0.2, 0.25) is 10.0 Å². The zero-order chi connectivity index (χ0) is 22.4. The first-order valence-electron chi connectivity index (χ1n) is 10.2. The second-order valence-electron chi connectivity index (χ2n) is 7.71. The minimum atomic E-state index is -3.72. The van der Waals surface area contributed by atoms with E-state index in [9.17, 15) is 13.2 Å². The van der Waals surface area contributed by atoms with Crippen molar-refractivity contribution in [1.82, 2.24) is 9.62 Å². The van der Waals surface area contributed by atoms with Crippen LogP contribution in [0.4, 0.5) is 10.5 Å². The maximum absolute atomic E-state index is 12.6. The summed E-state index contributed by atoms with van der Waals surface area (Å²) in [6.45, 7) is 3.60. The van der Waals surface area contributed by atoms with Gasteiger partial charge in [0, 0.05) is 30.3 Å². The van der Waals surface area contributed by atoms with Crippen molar-refractivity contribution in [3.05, 3.63) is 53.1 Å². The summed E-state index contributed by atoms with van der Waals surface area (Å²) in [5, 5.41) is 3.27. The number of likely N-dealkylation sites (tertiary alicyclic amines) is 1. The molecule has 31 heavy (non-hydrogen) atoms. The lowest BCUT2D eigenvalue weighted by Gasteiger charge is -2.32. The fourth-order valence-corrected chi connectivity index (χ4v) is 5.16. The van der Waals surface area contributed by atoms with E-state index in [1.54, 1.807) is 11.0 Å². The molecule has 7 nitrogen and oxygen atoms in total. The van der Waals surface area contributed by atoms with Gasteiger partial charge in [0.25, 0.3) is 0 Å². The van der Waals surface area contributed by atoms with Crippen LogP contribution in [0.3, 0.4) is 0 Å². The van der Waals surface area contributed by atoms with E-state index in [-0.39, 0.29) is 16.7 Å². The molecule has 1 heterocycles. The molecule has 1 aliphatic heterocycles. The van der Waals surface area contributed by atoms with Gasteiger partial charge in [0.15, 0.2) is 0 Å². The van der Waals surface area contributed by atoms with Crippen molar-refractivity contribution in [1.29, 1.82) is 0 Å². The number of hydrogen-bond acceptors (Lipinski definition) is 4. The second-order valence-corrected chi connectivity index (χ2v) is 9.88. The fraction of sp³-hybridized carbons (Fsp3) is 0.409. The smallest absolute Gasteiger partial charge is 0.321 e. The number of amides is 2. The highest BCUT2D eigenvalue weighted by Crippen LogP contribution is 2.27. The highest BCUT2D eigenvalue weighted by atomic mass is 35.5. The second kappa shape index (κ2) is 10.3. The van der Waals surface area contributed by atoms with E-state index >= 15 is 0 Å². The third-order valence-electron chi connectivity index (χ3n) is 5.43. The SMILES string of the molecule is COc1ccc(Cl)cc1S(=O)(=O)NCCC1CCN(C(=O)Nc2cccc(C)c2)CC1. The number of anilines is 1. The van der Waals surface area contributed by atoms with Gasteiger partial charge in [0.05, 0.1) is 7.11 Å². The predicted octanol–water partition coefficient (Wildman–Crippen LogP) is 4.27. The van der Waals surface area contributed by atoms with Gasteiger partial charge in [-0.15, -0.1) is 0 Å². The highest BCUT2D eigenvalue weighted by Gasteiger charge is 2.24. The van der Waals surface area contributed by atoms with Crippen molar-refractivity contribution in [2.45, 2.75) is 31.1 Å². The summed E-state index contributed by atoms with van der Waals surface area (Å²) in [7, 11) is -2.30. The molecule has 1 saturated heterocycles. The average molecular weight is 466 g/mol. The molecular formula is C22H28ClN3O4S. The van der Waals surface area contributed by atoms with Crippen LogP contribution >= 0.6 is 11.6 Å². The summed E-state index contributed by atoms with van der Waals surface area (Å²) in [4.78, 5) is 14.3. The first-order chi connectivity index (χ1) is 14.8. The Kier molecular flexibility index (Phi) is 7.80. The molecule has 1 aliphatic rings. The molecular weight excluding hydrogens is 438 g/mol. The Morgan fingerprint density at radius 1 is 1.19 bits per heavy atom. The average Bonchev–Trinajstić information content (AvgIpc) is 2.74. The van der Waals surface area contributed by atoms with E-state index in [0.717, 1.165) is 24.1 Å². The number of urea groups is 1. The van der Waals surface area contributed by atoms with Crippen molar-refractivity contribution in [2.75, 3.05) is 32.1 Å². The van der Waals surface area contributed by atoms with Crippen LogP contribution in [0.15, 0.2) is 47.4 Å². The van der Waals surface area contributed by atoms with Gasteiger partial charge < -0.3 is 15.0 Å². The van der Waals surface area contributed by atoms with Crippen molar-refractivity contribution >= 4 is 33.3 Å². The number of halogens is 1. The third kappa shape index (κ3) is 6.35. The van der Waals surface area contributed by atoms with Crippen LogP contribution < -0.4 is 14.8 Å². The van der Waals surface area contributed by atoms with Crippen LogP contribution in [0.25, 0.3) is 0 Å². The molecule has 2 aromatic carbocycles. The molecule has 0 aliphatic carbocycles. The number of carbonyl (C=O) groups is 1. The van der Waals surface area contributed by atoms with Crippen LogP contribution in [-0.2, 0) is 10.0 Å². The predicted molar refractivity (Wildman–Crippen MR) is 122 cm³/mol. The molecule has 0 radical (unpaired) electrons. The largest absolute Gasteiger partial charge is 0.495 e. The number of benzene rings is 2. The molecule has 0 spiro atoms. The molecule has 0 bridgehead atoms. The summed E-state index contributed by atoms with van der Waals surface area (Å²) in [5.41, 5.74) is 1.88. The Morgan fingerprint density at radius 3 is 2.61 bits per heavy atom. The number of methoxy groups -OCH3 is 1. The van der Waals surface area contributed by atoms with Crippen molar-refractivity contribution < 1.29 is 17.9 Å². The minimum Gasteiger partial charge on any atom is -0.495 e. The van der Waals surface area contributed by atoms with Crippen LogP contribution in [0.2, 0.25) is 5.02 Å². The highest BCUT2D eigenvalue weighted by molar-refractivity contribution is 7.89. The van der Waals surface area contributed by atoms with Crippen molar-refractivity contribution in [2.24, 2.45) is 5.92 Å². The molecule has 0 aromatic heterocycles. The number of carbonyl (C=O) groups excluding carboxylic acids is 1. The van der Waals surface area contributed by atoms with Gasteiger partial charge in [0.1, 0.15) is 10.6 Å². The lowest BCUT2D eigenvalue weighted by atomic mass is 9.94. The molecule has 1 fully saturated rings. The van der Waals surface area contributed by atoms with Crippen molar-refractivity contribution in [3.63, 3.8) is 0 Å². The van der Waals surface area contributed by atoms with Crippen LogP contribution in [-0.4, -0.2) is 46.1 Å². The number of nitrogens with one attached hydrogen (secondary N) is 2.